The van der Waals surface area contributed by atoms with Crippen LogP contribution in [0.5, 0.6) is 0 Å². The molecule has 0 spiro atoms. The molecule has 0 amide bonds. The van der Waals surface area contributed by atoms with E-state index >= 15 is 0 Å². The maximum absolute atomic E-state index is 4.39. The lowest BCUT2D eigenvalue weighted by Crippen LogP contribution is -2.04. The second-order valence-corrected chi connectivity index (χ2v) is 5.67. The molecular weight excluding hydrogens is 248 g/mol. The van der Waals surface area contributed by atoms with Gasteiger partial charge in [-0.05, 0) is 37.1 Å². The van der Waals surface area contributed by atoms with Crippen molar-refractivity contribution < 1.29 is 0 Å². The average Bonchev–Trinajstić information content (AvgIpc) is 3.16. The Morgan fingerprint density at radius 2 is 2.00 bits per heavy atom. The zero-order chi connectivity index (χ0) is 13.4. The van der Waals surface area contributed by atoms with Crippen molar-refractivity contribution in [3.05, 3.63) is 42.4 Å². The number of nitrogens with one attached hydrogen (secondary N) is 1. The minimum absolute atomic E-state index is 0.605. The van der Waals surface area contributed by atoms with Crippen LogP contribution in [0.2, 0.25) is 0 Å². The highest BCUT2D eigenvalue weighted by molar-refractivity contribution is 5.81. The monoisotopic (exact) mass is 266 g/mol. The Hall–Kier alpha value is -2.10. The summed E-state index contributed by atoms with van der Waals surface area (Å²) < 4.78 is 1.90. The van der Waals surface area contributed by atoms with Crippen LogP contribution in [0.25, 0.3) is 16.6 Å². The molecule has 4 nitrogen and oxygen atoms in total. The second kappa shape index (κ2) is 4.78. The molecule has 4 rings (SSSR count). The summed E-state index contributed by atoms with van der Waals surface area (Å²) in [6.07, 6.45) is 10.6. The number of fused-ring (bicyclic) bond motifs is 1. The third-order valence-corrected chi connectivity index (χ3v) is 4.34. The number of hydrogen-bond donors (Lipinski definition) is 1. The molecule has 3 aromatic rings. The summed E-state index contributed by atoms with van der Waals surface area (Å²) in [6, 6.07) is 8.40. The van der Waals surface area contributed by atoms with Gasteiger partial charge in [-0.3, -0.25) is 0 Å². The van der Waals surface area contributed by atoms with Crippen LogP contribution in [-0.4, -0.2) is 20.0 Å². The molecule has 1 aliphatic carbocycles. The number of hydrogen-bond acceptors (Lipinski definition) is 2. The summed E-state index contributed by atoms with van der Waals surface area (Å²) in [7, 11) is 0. The molecule has 1 N–H and O–H groups in total. The Bertz CT molecular complexity index is 719. The number of aromatic nitrogens is 4. The van der Waals surface area contributed by atoms with E-state index < -0.39 is 0 Å². The highest BCUT2D eigenvalue weighted by Gasteiger charge is 2.18. The number of nitrogens with zero attached hydrogens (tertiary/aromatic N) is 3. The number of aromatic amines is 1. The molecule has 20 heavy (non-hydrogen) atoms. The molecule has 0 atom stereocenters. The van der Waals surface area contributed by atoms with Crippen LogP contribution in [-0.2, 0) is 0 Å². The fraction of sp³-hybridized carbons (Fsp3) is 0.375. The van der Waals surface area contributed by atoms with E-state index in [1.165, 1.54) is 37.5 Å². The van der Waals surface area contributed by atoms with Gasteiger partial charge in [-0.25, -0.2) is 4.68 Å². The van der Waals surface area contributed by atoms with Crippen LogP contribution >= 0.6 is 0 Å². The maximum atomic E-state index is 4.39. The highest BCUT2D eigenvalue weighted by Crippen LogP contribution is 2.31. The minimum atomic E-state index is 0.605. The first-order chi connectivity index (χ1) is 9.90. The van der Waals surface area contributed by atoms with Crippen molar-refractivity contribution in [3.8, 4) is 5.69 Å². The largest absolute Gasteiger partial charge is 0.361 e. The van der Waals surface area contributed by atoms with Gasteiger partial charge in [0.05, 0.1) is 17.6 Å². The smallest absolute Gasteiger partial charge is 0.0862 e. The van der Waals surface area contributed by atoms with E-state index in [4.69, 9.17) is 0 Å². The van der Waals surface area contributed by atoms with Crippen LogP contribution in [0.4, 0.5) is 0 Å². The predicted octanol–water partition coefficient (Wildman–Crippen LogP) is 3.80. The van der Waals surface area contributed by atoms with Crippen LogP contribution in [0.15, 0.2) is 36.7 Å². The van der Waals surface area contributed by atoms with E-state index in [0.717, 1.165) is 16.9 Å². The Balaban J connectivity index is 1.66. The molecule has 1 fully saturated rings. The minimum Gasteiger partial charge on any atom is -0.361 e. The molecular formula is C16H18N4. The molecule has 4 heteroatoms. The number of H-pyrrole nitrogens is 1. The van der Waals surface area contributed by atoms with E-state index in [0.29, 0.717) is 5.92 Å². The molecule has 1 aliphatic rings. The highest BCUT2D eigenvalue weighted by atomic mass is 15.4. The normalized spacial score (nSPS) is 16.8. The van der Waals surface area contributed by atoms with E-state index in [1.54, 1.807) is 0 Å². The van der Waals surface area contributed by atoms with Gasteiger partial charge < -0.3 is 4.98 Å². The van der Waals surface area contributed by atoms with E-state index in [9.17, 15) is 0 Å². The maximum Gasteiger partial charge on any atom is 0.0862 e. The van der Waals surface area contributed by atoms with Crippen molar-refractivity contribution in [2.24, 2.45) is 0 Å². The lowest BCUT2D eigenvalue weighted by atomic mass is 9.87. The van der Waals surface area contributed by atoms with E-state index in [1.807, 2.05) is 10.9 Å². The summed E-state index contributed by atoms with van der Waals surface area (Å²) in [6.45, 7) is 0. The van der Waals surface area contributed by atoms with Crippen LogP contribution in [0.1, 0.15) is 43.7 Å². The Kier molecular flexibility index (Phi) is 2.80. The molecule has 0 bridgehead atoms. The summed E-state index contributed by atoms with van der Waals surface area (Å²) >= 11 is 0. The Morgan fingerprint density at radius 3 is 2.90 bits per heavy atom. The van der Waals surface area contributed by atoms with Gasteiger partial charge in [0.15, 0.2) is 0 Å². The van der Waals surface area contributed by atoms with Gasteiger partial charge in [-0.15, -0.1) is 5.10 Å². The van der Waals surface area contributed by atoms with Crippen molar-refractivity contribution in [3.63, 3.8) is 0 Å². The van der Waals surface area contributed by atoms with Crippen LogP contribution in [0, 0.1) is 0 Å². The van der Waals surface area contributed by atoms with Crippen molar-refractivity contribution in [2.75, 3.05) is 0 Å². The van der Waals surface area contributed by atoms with Crippen molar-refractivity contribution in [2.45, 2.75) is 38.0 Å². The fourth-order valence-corrected chi connectivity index (χ4v) is 3.17. The topological polar surface area (TPSA) is 46.5 Å². The third-order valence-electron chi connectivity index (χ3n) is 4.34. The summed E-state index contributed by atoms with van der Waals surface area (Å²) in [4.78, 5) is 3.21. The zero-order valence-corrected chi connectivity index (χ0v) is 11.4. The standard InChI is InChI=1S/C16H18N4/c1-2-4-12(5-3-1)16-11-20(19-18-16)14-6-7-15-13(10-14)8-9-17-15/h6-12,17H,1-5H2. The van der Waals surface area contributed by atoms with Gasteiger partial charge in [0.1, 0.15) is 0 Å². The van der Waals surface area contributed by atoms with E-state index in [-0.39, 0.29) is 0 Å². The van der Waals surface area contributed by atoms with Gasteiger partial charge in [-0.1, -0.05) is 24.5 Å². The average molecular weight is 266 g/mol. The lowest BCUT2D eigenvalue weighted by molar-refractivity contribution is 0.436. The van der Waals surface area contributed by atoms with Crippen molar-refractivity contribution >= 4 is 10.9 Å². The Morgan fingerprint density at radius 1 is 1.10 bits per heavy atom. The summed E-state index contributed by atoms with van der Waals surface area (Å²) in [5.74, 6) is 0.605. The van der Waals surface area contributed by atoms with Crippen LogP contribution < -0.4 is 0 Å². The van der Waals surface area contributed by atoms with Gasteiger partial charge in [0.2, 0.25) is 0 Å². The molecule has 2 aromatic heterocycles. The molecule has 0 aliphatic heterocycles. The lowest BCUT2D eigenvalue weighted by Gasteiger charge is -2.18. The fourth-order valence-electron chi connectivity index (χ4n) is 3.17. The molecule has 1 saturated carbocycles. The first-order valence-electron chi connectivity index (χ1n) is 7.40. The summed E-state index contributed by atoms with van der Waals surface area (Å²) in [5.41, 5.74) is 3.38. The van der Waals surface area contributed by atoms with Crippen molar-refractivity contribution in [1.82, 2.24) is 20.0 Å². The Labute approximate surface area is 117 Å². The molecule has 0 radical (unpaired) electrons. The summed E-state index contributed by atoms with van der Waals surface area (Å²) in [5, 5.41) is 9.90. The van der Waals surface area contributed by atoms with Crippen molar-refractivity contribution in [1.29, 1.82) is 0 Å². The first-order valence-corrected chi connectivity index (χ1v) is 7.40. The zero-order valence-electron chi connectivity index (χ0n) is 11.4. The SMILES string of the molecule is c1cc2cc(-n3cc(C4CCCCC4)nn3)ccc2[nH]1. The van der Waals surface area contributed by atoms with Crippen LogP contribution in [0.3, 0.4) is 0 Å². The molecule has 0 unspecified atom stereocenters. The second-order valence-electron chi connectivity index (χ2n) is 5.67. The quantitative estimate of drug-likeness (QED) is 0.767. The molecule has 0 saturated heterocycles. The number of rotatable bonds is 2. The molecule has 102 valence electrons. The van der Waals surface area contributed by atoms with E-state index in [2.05, 4.69) is 45.8 Å². The predicted molar refractivity (Wildman–Crippen MR) is 79.0 cm³/mol. The molecule has 2 heterocycles. The van der Waals surface area contributed by atoms with Gasteiger partial charge in [0, 0.05) is 23.0 Å². The molecule has 1 aromatic carbocycles. The van der Waals surface area contributed by atoms with Gasteiger partial charge in [-0.2, -0.15) is 0 Å². The third kappa shape index (κ3) is 2.01. The number of benzene rings is 1. The first kappa shape index (κ1) is 11.7. The van der Waals surface area contributed by atoms with Gasteiger partial charge in [0.25, 0.3) is 0 Å². The van der Waals surface area contributed by atoms with Gasteiger partial charge >= 0.3 is 0 Å².